The Morgan fingerprint density at radius 3 is 2.35 bits per heavy atom. The maximum Gasteiger partial charge on any atom is 0.322 e. The van der Waals surface area contributed by atoms with Crippen LogP contribution in [0.5, 0.6) is 11.5 Å². The number of rotatable bonds is 17. The summed E-state index contributed by atoms with van der Waals surface area (Å²) in [6.45, 7) is 3.13. The molecule has 0 heterocycles. The number of aliphatic hydroxyl groups excluding tert-OH is 1. The number of phenols is 2. The van der Waals surface area contributed by atoms with Crippen LogP contribution in [0.1, 0.15) is 38.7 Å². The average molecular weight is 587 g/mol. The molecule has 9 N–H and O–H groups in total. The van der Waals surface area contributed by atoms with Crippen LogP contribution >= 0.6 is 11.8 Å². The van der Waals surface area contributed by atoms with E-state index >= 15 is 0 Å². The third-order valence-corrected chi connectivity index (χ3v) is 6.39. The van der Waals surface area contributed by atoms with E-state index in [2.05, 4.69) is 16.0 Å². The molecule has 1 rings (SSSR count). The van der Waals surface area contributed by atoms with Gasteiger partial charge in [-0.15, -0.1) is 0 Å². The van der Waals surface area contributed by atoms with E-state index in [0.717, 1.165) is 17.3 Å². The molecule has 15 heteroatoms. The molecule has 224 valence electrons. The maximum atomic E-state index is 12.3. The number of phenolic OH excluding ortho intramolecular Hbond substituents is 2. The number of carboxylic acid groups (broad SMARTS) is 1. The average Bonchev–Trinajstić information content (AvgIpc) is 2.89. The molecule has 0 aliphatic carbocycles. The molecule has 3 amide bonds. The van der Waals surface area contributed by atoms with Crippen molar-refractivity contribution in [3.05, 3.63) is 23.8 Å². The molecule has 0 saturated heterocycles. The summed E-state index contributed by atoms with van der Waals surface area (Å²) in [6, 6.07) is 3.27. The van der Waals surface area contributed by atoms with Crippen molar-refractivity contribution in [1.82, 2.24) is 16.0 Å². The quantitative estimate of drug-likeness (QED) is 0.0674. The van der Waals surface area contributed by atoms with Gasteiger partial charge in [0.15, 0.2) is 11.5 Å². The highest BCUT2D eigenvalue weighted by Crippen LogP contribution is 2.25. The summed E-state index contributed by atoms with van der Waals surface area (Å²) in [4.78, 5) is 58.6. The minimum atomic E-state index is -1.56. The van der Waals surface area contributed by atoms with Gasteiger partial charge in [0.2, 0.25) is 11.8 Å². The predicted octanol–water partition coefficient (Wildman–Crippen LogP) is -0.172. The molecule has 0 spiro atoms. The van der Waals surface area contributed by atoms with Crippen LogP contribution in [-0.2, 0) is 30.3 Å². The number of aliphatic carboxylic acids is 1. The molecule has 0 bridgehead atoms. The molecule has 1 aromatic carbocycles. The first-order valence-electron chi connectivity index (χ1n) is 12.5. The van der Waals surface area contributed by atoms with Crippen molar-refractivity contribution in [2.45, 2.75) is 51.7 Å². The van der Waals surface area contributed by atoms with Gasteiger partial charge in [-0.05, 0) is 30.5 Å². The number of ether oxygens (including phenoxy) is 1. The van der Waals surface area contributed by atoms with Gasteiger partial charge in [-0.25, -0.2) is 0 Å². The summed E-state index contributed by atoms with van der Waals surface area (Å²) in [6.07, 6.45) is -1.58. The molecule has 0 radical (unpaired) electrons. The van der Waals surface area contributed by atoms with Gasteiger partial charge in [0.05, 0.1) is 6.61 Å². The Bertz CT molecular complexity index is 1040. The lowest BCUT2D eigenvalue weighted by Crippen LogP contribution is -2.47. The number of hydrogen-bond donors (Lipinski definition) is 8. The Balaban J connectivity index is 2.21. The fourth-order valence-corrected chi connectivity index (χ4v) is 3.69. The highest BCUT2D eigenvalue weighted by molar-refractivity contribution is 8.13. The fourth-order valence-electron chi connectivity index (χ4n) is 3.10. The molecule has 0 unspecified atom stereocenters. The minimum Gasteiger partial charge on any atom is -0.504 e. The first-order chi connectivity index (χ1) is 18.7. The standard InChI is InChI=1S/C25H38N4O10S/c1-25(2,14-39-23(37)16(26)4-6-20(33)34)21(35)22(36)28-10-8-19(32)27-11-12-40-24(38)29-9-7-15-3-5-17(30)18(31)13-15/h3,5,13,16,21,30-31,35H,4,6-12,14,26H2,1-2H3,(H,27,32)(H,28,36)(H,29,38)(H,33,34)/t16-,21-/m0/s1. The molecule has 0 aliphatic heterocycles. The number of thioether (sulfide) groups is 1. The van der Waals surface area contributed by atoms with Crippen LogP contribution in [-0.4, -0.2) is 93.6 Å². The first-order valence-corrected chi connectivity index (χ1v) is 13.5. The molecule has 0 aromatic heterocycles. The smallest absolute Gasteiger partial charge is 0.322 e. The number of carbonyl (C=O) groups is 5. The number of hydrogen-bond acceptors (Lipinski definition) is 11. The van der Waals surface area contributed by atoms with E-state index < -0.39 is 35.4 Å². The third-order valence-electron chi connectivity index (χ3n) is 5.58. The van der Waals surface area contributed by atoms with Crippen molar-refractivity contribution in [2.75, 3.05) is 32.0 Å². The second-order valence-electron chi connectivity index (χ2n) is 9.56. The van der Waals surface area contributed by atoms with Crippen LogP contribution in [0.2, 0.25) is 0 Å². The van der Waals surface area contributed by atoms with Crippen molar-refractivity contribution < 1.29 is 49.1 Å². The monoisotopic (exact) mass is 586 g/mol. The zero-order valence-corrected chi connectivity index (χ0v) is 23.3. The van der Waals surface area contributed by atoms with E-state index in [1.165, 1.54) is 26.0 Å². The van der Waals surface area contributed by atoms with E-state index in [4.69, 9.17) is 15.6 Å². The zero-order chi connectivity index (χ0) is 30.3. The van der Waals surface area contributed by atoms with Crippen LogP contribution in [0.15, 0.2) is 18.2 Å². The molecule has 0 fully saturated rings. The van der Waals surface area contributed by atoms with Crippen LogP contribution in [0.25, 0.3) is 0 Å². The fraction of sp³-hybridized carbons (Fsp3) is 0.560. The number of esters is 1. The molecule has 40 heavy (non-hydrogen) atoms. The molecule has 0 saturated carbocycles. The zero-order valence-electron chi connectivity index (χ0n) is 22.5. The summed E-state index contributed by atoms with van der Waals surface area (Å²) in [7, 11) is 0. The van der Waals surface area contributed by atoms with Gasteiger partial charge in [0.25, 0.3) is 5.24 Å². The van der Waals surface area contributed by atoms with E-state index in [1.807, 2.05) is 0 Å². The second-order valence-corrected chi connectivity index (χ2v) is 10.6. The number of aliphatic hydroxyl groups is 1. The Morgan fingerprint density at radius 1 is 1.00 bits per heavy atom. The summed E-state index contributed by atoms with van der Waals surface area (Å²) in [5, 5.41) is 45.2. The highest BCUT2D eigenvalue weighted by atomic mass is 32.2. The Labute approximate surface area is 236 Å². The normalized spacial score (nSPS) is 12.6. The van der Waals surface area contributed by atoms with Gasteiger partial charge < -0.3 is 46.8 Å². The molecule has 2 atom stereocenters. The molecule has 0 aliphatic rings. The van der Waals surface area contributed by atoms with Crippen LogP contribution in [0, 0.1) is 5.41 Å². The number of aromatic hydroxyl groups is 2. The van der Waals surface area contributed by atoms with Gasteiger partial charge in [-0.2, -0.15) is 0 Å². The van der Waals surface area contributed by atoms with Gasteiger partial charge in [-0.1, -0.05) is 31.7 Å². The Kier molecular flexibility index (Phi) is 14.8. The van der Waals surface area contributed by atoms with E-state index in [-0.39, 0.29) is 61.6 Å². The number of nitrogens with one attached hydrogen (secondary N) is 3. The van der Waals surface area contributed by atoms with Crippen molar-refractivity contribution in [3.8, 4) is 11.5 Å². The Hall–Kier alpha value is -3.56. The third kappa shape index (κ3) is 13.5. The molecule has 1 aromatic rings. The summed E-state index contributed by atoms with van der Waals surface area (Å²) in [5.74, 6) is -3.22. The van der Waals surface area contributed by atoms with Crippen LogP contribution in [0.4, 0.5) is 4.79 Å². The molecular formula is C25H38N4O10S. The summed E-state index contributed by atoms with van der Waals surface area (Å²) >= 11 is 0.980. The summed E-state index contributed by atoms with van der Waals surface area (Å²) < 4.78 is 5.03. The van der Waals surface area contributed by atoms with Gasteiger partial charge >= 0.3 is 11.9 Å². The summed E-state index contributed by atoms with van der Waals surface area (Å²) in [5.41, 5.74) is 5.14. The van der Waals surface area contributed by atoms with E-state index in [9.17, 15) is 39.3 Å². The number of nitrogens with two attached hydrogens (primary N) is 1. The number of amides is 3. The Morgan fingerprint density at radius 2 is 1.70 bits per heavy atom. The molecule has 14 nitrogen and oxygen atoms in total. The lowest BCUT2D eigenvalue weighted by Gasteiger charge is -2.29. The lowest BCUT2D eigenvalue weighted by atomic mass is 9.87. The maximum absolute atomic E-state index is 12.3. The van der Waals surface area contributed by atoms with Gasteiger partial charge in [0.1, 0.15) is 12.1 Å². The molecular weight excluding hydrogens is 548 g/mol. The van der Waals surface area contributed by atoms with Crippen LogP contribution in [0.3, 0.4) is 0 Å². The van der Waals surface area contributed by atoms with Crippen molar-refractivity contribution in [2.24, 2.45) is 11.1 Å². The van der Waals surface area contributed by atoms with Crippen LogP contribution < -0.4 is 21.7 Å². The number of carbonyl (C=O) groups excluding carboxylic acids is 4. The van der Waals surface area contributed by atoms with Gasteiger partial charge in [0, 0.05) is 43.6 Å². The largest absolute Gasteiger partial charge is 0.504 e. The highest BCUT2D eigenvalue weighted by Gasteiger charge is 2.35. The number of benzene rings is 1. The van der Waals surface area contributed by atoms with Crippen molar-refractivity contribution in [3.63, 3.8) is 0 Å². The number of carboxylic acids is 1. The topological polar surface area (TPSA) is 238 Å². The van der Waals surface area contributed by atoms with Gasteiger partial charge in [-0.3, -0.25) is 24.0 Å². The minimum absolute atomic E-state index is 0.0574. The van der Waals surface area contributed by atoms with E-state index in [1.54, 1.807) is 6.07 Å². The van der Waals surface area contributed by atoms with Crippen molar-refractivity contribution >= 4 is 40.8 Å². The first kappa shape index (κ1) is 34.5. The second kappa shape index (κ2) is 17.2. The SMILES string of the molecule is CC(C)(COC(=O)[C@@H](N)CCC(=O)O)[C@@H](O)C(=O)NCCC(=O)NCCSC(=O)NCCc1ccc(O)c(O)c1. The predicted molar refractivity (Wildman–Crippen MR) is 146 cm³/mol. The lowest BCUT2D eigenvalue weighted by molar-refractivity contribution is -0.154. The van der Waals surface area contributed by atoms with E-state index in [0.29, 0.717) is 18.7 Å². The van der Waals surface area contributed by atoms with Crippen molar-refractivity contribution in [1.29, 1.82) is 0 Å².